The maximum atomic E-state index is 10.9. The van der Waals surface area contributed by atoms with Gasteiger partial charge in [0.2, 0.25) is 0 Å². The molecule has 4 nitrogen and oxygen atoms in total. The molecule has 0 heterocycles. The summed E-state index contributed by atoms with van der Waals surface area (Å²) in [6.07, 6.45) is 0.508. The highest BCUT2D eigenvalue weighted by molar-refractivity contribution is 5.78. The number of hydrogen-bond donors (Lipinski definition) is 2. The summed E-state index contributed by atoms with van der Waals surface area (Å²) >= 11 is 0. The first-order chi connectivity index (χ1) is 8.54. The van der Waals surface area contributed by atoms with Gasteiger partial charge >= 0.3 is 0 Å². The number of rotatable bonds is 7. The maximum absolute atomic E-state index is 10.9. The van der Waals surface area contributed by atoms with E-state index in [1.165, 1.54) is 5.56 Å². The molecule has 3 N–H and O–H groups in total. The summed E-state index contributed by atoms with van der Waals surface area (Å²) in [4.78, 5) is 10.9. The van der Waals surface area contributed by atoms with Crippen molar-refractivity contribution in [1.82, 2.24) is 5.32 Å². The van der Waals surface area contributed by atoms with E-state index >= 15 is 0 Å². The van der Waals surface area contributed by atoms with E-state index in [2.05, 4.69) is 19.2 Å². The maximum Gasteiger partial charge on any atom is 0.258 e. The van der Waals surface area contributed by atoms with Crippen molar-refractivity contribution in [2.45, 2.75) is 39.3 Å². The van der Waals surface area contributed by atoms with Gasteiger partial charge in [0, 0.05) is 6.04 Å². The van der Waals surface area contributed by atoms with Crippen LogP contribution >= 0.6 is 0 Å². The lowest BCUT2D eigenvalue weighted by atomic mass is 10.1. The van der Waals surface area contributed by atoms with E-state index in [0.29, 0.717) is 11.8 Å². The monoisotopic (exact) mass is 250 g/mol. The smallest absolute Gasteiger partial charge is 0.258 e. The second kappa shape index (κ2) is 7.01. The molecule has 0 aliphatic heterocycles. The van der Waals surface area contributed by atoms with Crippen molar-refractivity contribution in [3.8, 4) is 5.75 Å². The number of benzene rings is 1. The van der Waals surface area contributed by atoms with Gasteiger partial charge in [-0.3, -0.25) is 4.79 Å². The van der Waals surface area contributed by atoms with E-state index in [9.17, 15) is 4.79 Å². The SMILES string of the molecule is CCCNC(C)c1ccc(OC(C)C(N)=O)cc1. The second-order valence-corrected chi connectivity index (χ2v) is 4.41. The van der Waals surface area contributed by atoms with E-state index in [1.54, 1.807) is 6.92 Å². The molecule has 0 aliphatic carbocycles. The number of primary amides is 1. The van der Waals surface area contributed by atoms with E-state index in [1.807, 2.05) is 24.3 Å². The molecule has 0 radical (unpaired) electrons. The van der Waals surface area contributed by atoms with E-state index in [4.69, 9.17) is 10.5 Å². The average Bonchev–Trinajstić information content (AvgIpc) is 2.36. The minimum Gasteiger partial charge on any atom is -0.481 e. The minimum absolute atomic E-state index is 0.313. The van der Waals surface area contributed by atoms with Crippen LogP contribution in [0.25, 0.3) is 0 Å². The van der Waals surface area contributed by atoms with Crippen LogP contribution in [-0.2, 0) is 4.79 Å². The molecule has 1 rings (SSSR count). The summed E-state index contributed by atoms with van der Waals surface area (Å²) in [5.41, 5.74) is 6.34. The Labute approximate surface area is 109 Å². The number of carbonyl (C=O) groups excluding carboxylic acids is 1. The van der Waals surface area contributed by atoms with Gasteiger partial charge in [0.05, 0.1) is 0 Å². The molecular weight excluding hydrogens is 228 g/mol. The van der Waals surface area contributed by atoms with Crippen LogP contribution in [0.2, 0.25) is 0 Å². The van der Waals surface area contributed by atoms with Crippen molar-refractivity contribution in [3.05, 3.63) is 29.8 Å². The number of carbonyl (C=O) groups is 1. The van der Waals surface area contributed by atoms with Crippen LogP contribution in [0, 0.1) is 0 Å². The van der Waals surface area contributed by atoms with E-state index < -0.39 is 12.0 Å². The Morgan fingerprint density at radius 3 is 2.44 bits per heavy atom. The number of ether oxygens (including phenoxy) is 1. The molecule has 0 saturated heterocycles. The molecule has 1 aromatic carbocycles. The molecule has 0 bridgehead atoms. The minimum atomic E-state index is -0.605. The predicted molar refractivity (Wildman–Crippen MR) is 72.4 cm³/mol. The zero-order valence-electron chi connectivity index (χ0n) is 11.3. The lowest BCUT2D eigenvalue weighted by Gasteiger charge is -2.15. The number of nitrogens with one attached hydrogen (secondary N) is 1. The highest BCUT2D eigenvalue weighted by Crippen LogP contribution is 2.18. The second-order valence-electron chi connectivity index (χ2n) is 4.41. The van der Waals surface area contributed by atoms with Gasteiger partial charge in [-0.1, -0.05) is 19.1 Å². The first kappa shape index (κ1) is 14.5. The number of nitrogens with two attached hydrogens (primary N) is 1. The summed E-state index contributed by atoms with van der Waals surface area (Å²) in [5, 5.41) is 3.41. The van der Waals surface area contributed by atoms with Gasteiger partial charge in [-0.25, -0.2) is 0 Å². The summed E-state index contributed by atoms with van der Waals surface area (Å²) < 4.78 is 5.40. The molecule has 4 heteroatoms. The first-order valence-corrected chi connectivity index (χ1v) is 6.34. The van der Waals surface area contributed by atoms with Crippen molar-refractivity contribution < 1.29 is 9.53 Å². The molecule has 0 aliphatic rings. The molecule has 100 valence electrons. The average molecular weight is 250 g/mol. The molecule has 0 aromatic heterocycles. The molecule has 18 heavy (non-hydrogen) atoms. The number of hydrogen-bond acceptors (Lipinski definition) is 3. The van der Waals surface area contributed by atoms with Crippen molar-refractivity contribution in [2.24, 2.45) is 5.73 Å². The summed E-state index contributed by atoms with van der Waals surface area (Å²) in [6, 6.07) is 8.03. The lowest BCUT2D eigenvalue weighted by Crippen LogP contribution is -2.30. The Kier molecular flexibility index (Phi) is 5.65. The van der Waals surface area contributed by atoms with Gasteiger partial charge in [0.25, 0.3) is 5.91 Å². The van der Waals surface area contributed by atoms with E-state index in [0.717, 1.165) is 13.0 Å². The van der Waals surface area contributed by atoms with Gasteiger partial charge in [0.15, 0.2) is 6.10 Å². The van der Waals surface area contributed by atoms with Crippen LogP contribution in [0.4, 0.5) is 0 Å². The first-order valence-electron chi connectivity index (χ1n) is 6.34. The Morgan fingerprint density at radius 1 is 1.33 bits per heavy atom. The van der Waals surface area contributed by atoms with Crippen molar-refractivity contribution in [3.63, 3.8) is 0 Å². The fraction of sp³-hybridized carbons (Fsp3) is 0.500. The number of amides is 1. The Morgan fingerprint density at radius 2 is 1.94 bits per heavy atom. The fourth-order valence-corrected chi connectivity index (χ4v) is 1.58. The molecule has 1 amide bonds. The summed E-state index contributed by atoms with van der Waals surface area (Å²) in [5.74, 6) is 0.199. The zero-order valence-corrected chi connectivity index (χ0v) is 11.3. The fourth-order valence-electron chi connectivity index (χ4n) is 1.58. The van der Waals surface area contributed by atoms with Crippen molar-refractivity contribution in [1.29, 1.82) is 0 Å². The van der Waals surface area contributed by atoms with Crippen LogP contribution in [-0.4, -0.2) is 18.6 Å². The van der Waals surface area contributed by atoms with Gasteiger partial charge in [-0.15, -0.1) is 0 Å². The Hall–Kier alpha value is -1.55. The van der Waals surface area contributed by atoms with E-state index in [-0.39, 0.29) is 0 Å². The van der Waals surface area contributed by atoms with Gasteiger partial charge in [-0.2, -0.15) is 0 Å². The zero-order chi connectivity index (χ0) is 13.5. The third-order valence-corrected chi connectivity index (χ3v) is 2.79. The van der Waals surface area contributed by atoms with Crippen LogP contribution < -0.4 is 15.8 Å². The normalized spacial score (nSPS) is 13.9. The van der Waals surface area contributed by atoms with Crippen molar-refractivity contribution >= 4 is 5.91 Å². The highest BCUT2D eigenvalue weighted by atomic mass is 16.5. The van der Waals surface area contributed by atoms with Crippen LogP contribution in [0.3, 0.4) is 0 Å². The van der Waals surface area contributed by atoms with Crippen LogP contribution in [0.5, 0.6) is 5.75 Å². The molecule has 2 atom stereocenters. The van der Waals surface area contributed by atoms with Crippen molar-refractivity contribution in [2.75, 3.05) is 6.54 Å². The van der Waals surface area contributed by atoms with Crippen LogP contribution in [0.1, 0.15) is 38.8 Å². The molecule has 1 aromatic rings. The summed E-state index contributed by atoms with van der Waals surface area (Å²) in [7, 11) is 0. The molecule has 0 spiro atoms. The summed E-state index contributed by atoms with van der Waals surface area (Å²) in [6.45, 7) is 6.90. The Bertz CT molecular complexity index is 376. The van der Waals surface area contributed by atoms with Gasteiger partial charge in [0.1, 0.15) is 5.75 Å². The van der Waals surface area contributed by atoms with Gasteiger partial charge in [-0.05, 0) is 44.5 Å². The third kappa shape index (κ3) is 4.37. The highest BCUT2D eigenvalue weighted by Gasteiger charge is 2.10. The van der Waals surface area contributed by atoms with Gasteiger partial charge < -0.3 is 15.8 Å². The quantitative estimate of drug-likeness (QED) is 0.778. The third-order valence-electron chi connectivity index (χ3n) is 2.79. The standard InChI is InChI=1S/C14H22N2O2/c1-4-9-16-10(2)12-5-7-13(8-6-12)18-11(3)14(15)17/h5-8,10-11,16H,4,9H2,1-3H3,(H2,15,17). The molecule has 2 unspecified atom stereocenters. The Balaban J connectivity index is 2.59. The molecule has 0 saturated carbocycles. The molecule has 0 fully saturated rings. The topological polar surface area (TPSA) is 64.3 Å². The predicted octanol–water partition coefficient (Wildman–Crippen LogP) is 2.00. The largest absolute Gasteiger partial charge is 0.481 e. The molecular formula is C14H22N2O2. The van der Waals surface area contributed by atoms with Crippen LogP contribution in [0.15, 0.2) is 24.3 Å². The lowest BCUT2D eigenvalue weighted by molar-refractivity contribution is -0.123.